The van der Waals surface area contributed by atoms with Gasteiger partial charge in [-0.1, -0.05) is 42.0 Å². The summed E-state index contributed by atoms with van der Waals surface area (Å²) >= 11 is 0. The van der Waals surface area contributed by atoms with Crippen LogP contribution in [-0.4, -0.2) is 31.2 Å². The summed E-state index contributed by atoms with van der Waals surface area (Å²) in [6.07, 6.45) is 0. The van der Waals surface area contributed by atoms with E-state index in [1.807, 2.05) is 32.9 Å². The number of amides is 1. The standard InChI is InChI=1S/C33H32F2N2O5S/c1-5-42-33(39)26-10-6-24(7-11-26)19-37(20-25-8-12-27(34)13-9-25)43(40,41)28-14-15-30(35)29(18-28)32(38)36-31-22(3)16-21(2)17-23(31)4/h6-18H,5,19-20H2,1-4H3,(H,36,38). The van der Waals surface area contributed by atoms with Crippen molar-refractivity contribution in [2.75, 3.05) is 11.9 Å². The van der Waals surface area contributed by atoms with Gasteiger partial charge in [0.1, 0.15) is 11.6 Å². The first-order chi connectivity index (χ1) is 20.4. The molecule has 0 fully saturated rings. The van der Waals surface area contributed by atoms with Crippen LogP contribution in [0.1, 0.15) is 55.5 Å². The highest BCUT2D eigenvalue weighted by molar-refractivity contribution is 7.89. The Bertz CT molecular complexity index is 1730. The van der Waals surface area contributed by atoms with E-state index >= 15 is 0 Å². The average molecular weight is 607 g/mol. The van der Waals surface area contributed by atoms with Gasteiger partial charge in [-0.05, 0) is 92.4 Å². The van der Waals surface area contributed by atoms with Crippen molar-refractivity contribution in [1.29, 1.82) is 0 Å². The Morgan fingerprint density at radius 2 is 1.37 bits per heavy atom. The first-order valence-electron chi connectivity index (χ1n) is 13.6. The van der Waals surface area contributed by atoms with Crippen LogP contribution in [0.25, 0.3) is 0 Å². The number of hydrogen-bond acceptors (Lipinski definition) is 5. The molecule has 4 aromatic carbocycles. The molecule has 224 valence electrons. The van der Waals surface area contributed by atoms with Crippen LogP contribution in [0.4, 0.5) is 14.5 Å². The first-order valence-corrected chi connectivity index (χ1v) is 15.0. The highest BCUT2D eigenvalue weighted by Gasteiger charge is 2.27. The number of hydrogen-bond donors (Lipinski definition) is 1. The van der Waals surface area contributed by atoms with Crippen LogP contribution in [0.3, 0.4) is 0 Å². The van der Waals surface area contributed by atoms with Crippen LogP contribution < -0.4 is 5.32 Å². The minimum absolute atomic E-state index is 0.122. The fraction of sp³-hybridized carbons (Fsp3) is 0.212. The molecule has 0 heterocycles. The number of esters is 1. The Morgan fingerprint density at radius 3 is 1.93 bits per heavy atom. The highest BCUT2D eigenvalue weighted by atomic mass is 32.2. The maximum absolute atomic E-state index is 14.9. The van der Waals surface area contributed by atoms with E-state index in [9.17, 15) is 26.8 Å². The SMILES string of the molecule is CCOC(=O)c1ccc(CN(Cc2ccc(F)cc2)S(=O)(=O)c2ccc(F)c(C(=O)Nc3c(C)cc(C)cc3C)c2)cc1. The van der Waals surface area contributed by atoms with Crippen molar-refractivity contribution >= 4 is 27.6 Å². The topological polar surface area (TPSA) is 92.8 Å². The van der Waals surface area contributed by atoms with E-state index in [0.29, 0.717) is 22.4 Å². The average Bonchev–Trinajstić information content (AvgIpc) is 2.96. The van der Waals surface area contributed by atoms with Crippen LogP contribution in [-0.2, 0) is 27.8 Å². The lowest BCUT2D eigenvalue weighted by atomic mass is 10.0. The van der Waals surface area contributed by atoms with E-state index < -0.39 is 39.1 Å². The van der Waals surface area contributed by atoms with Gasteiger partial charge in [-0.15, -0.1) is 0 Å². The molecule has 43 heavy (non-hydrogen) atoms. The molecule has 0 spiro atoms. The van der Waals surface area contributed by atoms with E-state index in [0.717, 1.165) is 39.2 Å². The van der Waals surface area contributed by atoms with E-state index in [1.165, 1.54) is 36.4 Å². The van der Waals surface area contributed by atoms with Gasteiger partial charge in [-0.25, -0.2) is 22.0 Å². The number of halogens is 2. The summed E-state index contributed by atoms with van der Waals surface area (Å²) < 4.78 is 62.6. The van der Waals surface area contributed by atoms with Gasteiger partial charge in [-0.2, -0.15) is 4.31 Å². The van der Waals surface area contributed by atoms with Crippen molar-refractivity contribution in [3.05, 3.63) is 129 Å². The minimum Gasteiger partial charge on any atom is -0.462 e. The Morgan fingerprint density at radius 1 is 0.814 bits per heavy atom. The third kappa shape index (κ3) is 7.52. The van der Waals surface area contributed by atoms with Crippen LogP contribution in [0.5, 0.6) is 0 Å². The number of rotatable bonds is 10. The first kappa shape index (κ1) is 31.5. The number of carbonyl (C=O) groups is 2. The predicted molar refractivity (Wildman–Crippen MR) is 160 cm³/mol. The number of ether oxygens (including phenoxy) is 1. The number of nitrogens with one attached hydrogen (secondary N) is 1. The molecular formula is C33H32F2N2O5S. The van der Waals surface area contributed by atoms with Crippen LogP contribution >= 0.6 is 0 Å². The molecule has 4 aromatic rings. The molecule has 0 aliphatic heterocycles. The van der Waals surface area contributed by atoms with Gasteiger partial charge >= 0.3 is 5.97 Å². The predicted octanol–water partition coefficient (Wildman–Crippen LogP) is 6.71. The second kappa shape index (κ2) is 13.3. The van der Waals surface area contributed by atoms with E-state index in [2.05, 4.69) is 5.32 Å². The van der Waals surface area contributed by atoms with Gasteiger partial charge in [0, 0.05) is 18.8 Å². The largest absolute Gasteiger partial charge is 0.462 e. The highest BCUT2D eigenvalue weighted by Crippen LogP contribution is 2.26. The smallest absolute Gasteiger partial charge is 0.338 e. The molecule has 0 bridgehead atoms. The third-order valence-corrected chi connectivity index (χ3v) is 8.62. The molecular weight excluding hydrogens is 574 g/mol. The maximum Gasteiger partial charge on any atom is 0.338 e. The lowest BCUT2D eigenvalue weighted by Crippen LogP contribution is -2.30. The van der Waals surface area contributed by atoms with Crippen molar-refractivity contribution in [1.82, 2.24) is 4.31 Å². The maximum atomic E-state index is 14.9. The summed E-state index contributed by atoms with van der Waals surface area (Å²) in [5.41, 5.74) is 4.05. The summed E-state index contributed by atoms with van der Waals surface area (Å²) in [6, 6.07) is 18.5. The van der Waals surface area contributed by atoms with Crippen molar-refractivity contribution in [3.63, 3.8) is 0 Å². The van der Waals surface area contributed by atoms with E-state index in [-0.39, 0.29) is 24.6 Å². The van der Waals surface area contributed by atoms with Crippen molar-refractivity contribution in [3.8, 4) is 0 Å². The normalized spacial score (nSPS) is 11.4. The molecule has 1 N–H and O–H groups in total. The zero-order chi connectivity index (χ0) is 31.3. The summed E-state index contributed by atoms with van der Waals surface area (Å²) in [5, 5.41) is 2.72. The molecule has 0 atom stereocenters. The summed E-state index contributed by atoms with van der Waals surface area (Å²) in [7, 11) is -4.31. The Kier molecular flexibility index (Phi) is 9.73. The lowest BCUT2D eigenvalue weighted by molar-refractivity contribution is 0.0526. The molecule has 7 nitrogen and oxygen atoms in total. The van der Waals surface area contributed by atoms with Gasteiger partial charge in [0.15, 0.2) is 0 Å². The van der Waals surface area contributed by atoms with Crippen molar-refractivity contribution in [2.24, 2.45) is 0 Å². The van der Waals surface area contributed by atoms with Crippen LogP contribution in [0.15, 0.2) is 83.8 Å². The molecule has 0 saturated carbocycles. The summed E-state index contributed by atoms with van der Waals surface area (Å²) in [5.74, 6) is -2.64. The summed E-state index contributed by atoms with van der Waals surface area (Å²) in [6.45, 7) is 7.21. The number of aryl methyl sites for hydroxylation is 3. The summed E-state index contributed by atoms with van der Waals surface area (Å²) in [4.78, 5) is 24.9. The number of nitrogens with zero attached hydrogens (tertiary/aromatic N) is 1. The van der Waals surface area contributed by atoms with Crippen molar-refractivity contribution < 1.29 is 31.5 Å². The second-order valence-corrected chi connectivity index (χ2v) is 12.1. The molecule has 1 amide bonds. The fourth-order valence-corrected chi connectivity index (χ4v) is 6.17. The fourth-order valence-electron chi connectivity index (χ4n) is 4.73. The quantitative estimate of drug-likeness (QED) is 0.203. The molecule has 0 aromatic heterocycles. The zero-order valence-electron chi connectivity index (χ0n) is 24.3. The van der Waals surface area contributed by atoms with Gasteiger partial charge in [0.05, 0.1) is 22.6 Å². The lowest BCUT2D eigenvalue weighted by Gasteiger charge is -2.23. The van der Waals surface area contributed by atoms with Crippen LogP contribution in [0, 0.1) is 32.4 Å². The number of carbonyl (C=O) groups excluding carboxylic acids is 2. The molecule has 0 aliphatic carbocycles. The van der Waals surface area contributed by atoms with Gasteiger partial charge < -0.3 is 10.1 Å². The van der Waals surface area contributed by atoms with Gasteiger partial charge in [0.2, 0.25) is 10.0 Å². The van der Waals surface area contributed by atoms with Gasteiger partial charge in [0.25, 0.3) is 5.91 Å². The molecule has 0 unspecified atom stereocenters. The Labute approximate surface area is 250 Å². The Hall–Kier alpha value is -4.41. The number of anilines is 1. The monoisotopic (exact) mass is 606 g/mol. The van der Waals surface area contributed by atoms with E-state index in [4.69, 9.17) is 4.74 Å². The molecule has 0 saturated heterocycles. The van der Waals surface area contributed by atoms with Crippen molar-refractivity contribution in [2.45, 2.75) is 45.7 Å². The molecule has 4 rings (SSSR count). The molecule has 10 heteroatoms. The molecule has 0 radical (unpaired) electrons. The van der Waals surface area contributed by atoms with Gasteiger partial charge in [-0.3, -0.25) is 4.79 Å². The number of benzene rings is 4. The molecule has 0 aliphatic rings. The zero-order valence-corrected chi connectivity index (χ0v) is 25.1. The second-order valence-electron chi connectivity index (χ2n) is 10.2. The Balaban J connectivity index is 1.68. The third-order valence-electron chi connectivity index (χ3n) is 6.83. The number of sulfonamides is 1. The van der Waals surface area contributed by atoms with E-state index in [1.54, 1.807) is 19.1 Å². The minimum atomic E-state index is -4.31. The van der Waals surface area contributed by atoms with Crippen LogP contribution in [0.2, 0.25) is 0 Å².